The van der Waals surface area contributed by atoms with E-state index in [0.717, 1.165) is 0 Å². The molecular formula is C28H28N4O9. The van der Waals surface area contributed by atoms with Crippen molar-refractivity contribution in [3.8, 4) is 23.0 Å². The van der Waals surface area contributed by atoms with Gasteiger partial charge in [0.15, 0.2) is 23.0 Å². The molecule has 0 fully saturated rings. The number of esters is 1. The molecule has 0 atom stereocenters. The summed E-state index contributed by atoms with van der Waals surface area (Å²) >= 11 is 0. The van der Waals surface area contributed by atoms with Crippen molar-refractivity contribution in [2.45, 2.75) is 12.8 Å². The molecule has 0 spiro atoms. The number of ether oxygens (including phenoxy) is 4. The zero-order valence-corrected chi connectivity index (χ0v) is 22.5. The van der Waals surface area contributed by atoms with Crippen LogP contribution in [-0.2, 0) is 4.79 Å². The largest absolute Gasteiger partial charge is 0.493 e. The van der Waals surface area contributed by atoms with Crippen molar-refractivity contribution in [2.24, 2.45) is 5.10 Å². The quantitative estimate of drug-likeness (QED) is 0.0788. The summed E-state index contributed by atoms with van der Waals surface area (Å²) in [5, 5.41) is 17.3. The Morgan fingerprint density at radius 1 is 0.854 bits per heavy atom. The van der Waals surface area contributed by atoms with E-state index in [4.69, 9.17) is 18.9 Å². The third-order valence-electron chi connectivity index (χ3n) is 5.62. The number of non-ortho nitro benzene ring substituents is 1. The Kier molecular flexibility index (Phi) is 10.7. The molecule has 0 saturated carbocycles. The second-order valence-corrected chi connectivity index (χ2v) is 8.33. The maximum absolute atomic E-state index is 12.6. The first-order valence-corrected chi connectivity index (χ1v) is 12.2. The first-order chi connectivity index (χ1) is 19.7. The van der Waals surface area contributed by atoms with Gasteiger partial charge in [-0.1, -0.05) is 0 Å². The fourth-order valence-electron chi connectivity index (χ4n) is 3.49. The van der Waals surface area contributed by atoms with Gasteiger partial charge in [-0.05, 0) is 60.5 Å². The molecule has 41 heavy (non-hydrogen) atoms. The van der Waals surface area contributed by atoms with Crippen molar-refractivity contribution in [3.05, 3.63) is 87.5 Å². The highest BCUT2D eigenvalue weighted by Gasteiger charge is 2.16. The molecule has 3 rings (SSSR count). The molecule has 0 aromatic heterocycles. The number of carbonyl (C=O) groups is 3. The third-order valence-corrected chi connectivity index (χ3v) is 5.62. The second-order valence-electron chi connectivity index (χ2n) is 8.33. The molecule has 0 aliphatic carbocycles. The van der Waals surface area contributed by atoms with Crippen LogP contribution in [0.2, 0.25) is 0 Å². The Hall–Kier alpha value is -5.46. The summed E-state index contributed by atoms with van der Waals surface area (Å²) in [7, 11) is 4.38. The Bertz CT molecular complexity index is 1440. The van der Waals surface area contributed by atoms with Gasteiger partial charge in [0.05, 0.1) is 38.0 Å². The van der Waals surface area contributed by atoms with E-state index in [1.165, 1.54) is 63.9 Å². The molecule has 13 nitrogen and oxygen atoms in total. The van der Waals surface area contributed by atoms with Gasteiger partial charge in [0.2, 0.25) is 5.91 Å². The average molecular weight is 565 g/mol. The number of nitro benzene ring substituents is 1. The number of methoxy groups -OCH3 is 3. The number of nitro groups is 1. The monoisotopic (exact) mass is 564 g/mol. The molecule has 3 aromatic rings. The molecule has 2 amide bonds. The van der Waals surface area contributed by atoms with Crippen molar-refractivity contribution in [1.82, 2.24) is 10.7 Å². The van der Waals surface area contributed by atoms with Crippen molar-refractivity contribution in [2.75, 3.05) is 27.9 Å². The van der Waals surface area contributed by atoms with Crippen LogP contribution in [0.15, 0.2) is 65.8 Å². The number of hydrogen-bond acceptors (Lipinski definition) is 10. The molecule has 2 N–H and O–H groups in total. The van der Waals surface area contributed by atoms with E-state index < -0.39 is 16.8 Å². The lowest BCUT2D eigenvalue weighted by atomic mass is 10.2. The molecule has 0 heterocycles. The zero-order chi connectivity index (χ0) is 29.8. The summed E-state index contributed by atoms with van der Waals surface area (Å²) < 4.78 is 21.2. The van der Waals surface area contributed by atoms with Crippen LogP contribution >= 0.6 is 0 Å². The predicted octanol–water partition coefficient (Wildman–Crippen LogP) is 3.50. The van der Waals surface area contributed by atoms with Crippen LogP contribution in [0.3, 0.4) is 0 Å². The Labute approximate surface area is 235 Å². The molecule has 0 aliphatic rings. The minimum Gasteiger partial charge on any atom is -0.493 e. The predicted molar refractivity (Wildman–Crippen MR) is 148 cm³/mol. The minimum atomic E-state index is -0.623. The minimum absolute atomic E-state index is 0.103. The summed E-state index contributed by atoms with van der Waals surface area (Å²) in [6, 6.07) is 14.6. The van der Waals surface area contributed by atoms with Crippen LogP contribution in [-0.4, -0.2) is 56.8 Å². The smallest absolute Gasteiger partial charge is 0.343 e. The van der Waals surface area contributed by atoms with Crippen molar-refractivity contribution in [3.63, 3.8) is 0 Å². The first kappa shape index (κ1) is 30.1. The lowest BCUT2D eigenvalue weighted by Crippen LogP contribution is -2.26. The molecule has 0 unspecified atom stereocenters. The number of benzene rings is 3. The topological polar surface area (TPSA) is 168 Å². The number of nitrogens with one attached hydrogen (secondary N) is 2. The maximum atomic E-state index is 12.6. The maximum Gasteiger partial charge on any atom is 0.343 e. The number of hydrazone groups is 1. The Balaban J connectivity index is 1.47. The van der Waals surface area contributed by atoms with E-state index in [-0.39, 0.29) is 47.2 Å². The van der Waals surface area contributed by atoms with Crippen LogP contribution in [0.25, 0.3) is 0 Å². The lowest BCUT2D eigenvalue weighted by Gasteiger charge is -2.11. The van der Waals surface area contributed by atoms with E-state index in [9.17, 15) is 24.5 Å². The van der Waals surface area contributed by atoms with E-state index in [1.807, 2.05) is 0 Å². The molecule has 0 aliphatic heterocycles. The van der Waals surface area contributed by atoms with Crippen molar-refractivity contribution in [1.29, 1.82) is 0 Å². The zero-order valence-electron chi connectivity index (χ0n) is 22.5. The summed E-state index contributed by atoms with van der Waals surface area (Å²) in [5.41, 5.74) is 3.40. The molecular weight excluding hydrogens is 536 g/mol. The second kappa shape index (κ2) is 14.6. The molecule has 0 radical (unpaired) electrons. The standard InChI is InChI=1S/C28H28N4O9/c1-38-22-13-9-20(16-25(22)40-3)28(35)41-23-12-6-18(15-24(23)39-2)17-30-31-26(33)5-4-14-29-27(34)19-7-10-21(11-8-19)32(36)37/h6-13,15-17H,4-5,14H2,1-3H3,(H,29,34)(H,31,33)/b30-17+. The number of hydrogen-bond donors (Lipinski definition) is 2. The number of carbonyl (C=O) groups excluding carboxylic acids is 3. The van der Waals surface area contributed by atoms with Gasteiger partial charge in [0.25, 0.3) is 11.6 Å². The van der Waals surface area contributed by atoms with Gasteiger partial charge in [0.1, 0.15) is 0 Å². The van der Waals surface area contributed by atoms with E-state index >= 15 is 0 Å². The number of rotatable bonds is 13. The average Bonchev–Trinajstić information content (AvgIpc) is 2.99. The van der Waals surface area contributed by atoms with Crippen LogP contribution in [0.5, 0.6) is 23.0 Å². The molecule has 13 heteroatoms. The van der Waals surface area contributed by atoms with E-state index in [0.29, 0.717) is 23.5 Å². The number of nitrogens with zero attached hydrogens (tertiary/aromatic N) is 2. The molecule has 3 aromatic carbocycles. The summed E-state index contributed by atoms with van der Waals surface area (Å²) in [6.07, 6.45) is 1.86. The summed E-state index contributed by atoms with van der Waals surface area (Å²) in [4.78, 5) is 47.0. The summed E-state index contributed by atoms with van der Waals surface area (Å²) in [6.45, 7) is 0.230. The molecule has 214 valence electrons. The van der Waals surface area contributed by atoms with Gasteiger partial charge in [-0.2, -0.15) is 5.10 Å². The van der Waals surface area contributed by atoms with Gasteiger partial charge >= 0.3 is 5.97 Å². The highest BCUT2D eigenvalue weighted by Crippen LogP contribution is 2.31. The van der Waals surface area contributed by atoms with Crippen LogP contribution in [0.1, 0.15) is 39.1 Å². The van der Waals surface area contributed by atoms with Gasteiger partial charge in [-0.15, -0.1) is 0 Å². The Morgan fingerprint density at radius 3 is 2.15 bits per heavy atom. The SMILES string of the molecule is COc1ccc(C(=O)Oc2ccc(/C=N/NC(=O)CCCNC(=O)c3ccc([N+](=O)[O-])cc3)cc2OC)cc1OC. The van der Waals surface area contributed by atoms with Gasteiger partial charge in [0, 0.05) is 30.7 Å². The fraction of sp³-hybridized carbons (Fsp3) is 0.214. The van der Waals surface area contributed by atoms with Gasteiger partial charge in [-0.25, -0.2) is 10.2 Å². The van der Waals surface area contributed by atoms with Crippen molar-refractivity contribution >= 4 is 29.7 Å². The van der Waals surface area contributed by atoms with E-state index in [2.05, 4.69) is 15.8 Å². The molecule has 0 bridgehead atoms. The van der Waals surface area contributed by atoms with Crippen molar-refractivity contribution < 1.29 is 38.3 Å². The van der Waals surface area contributed by atoms with Crippen LogP contribution in [0, 0.1) is 10.1 Å². The van der Waals surface area contributed by atoms with Crippen LogP contribution < -0.4 is 29.7 Å². The number of amides is 2. The Morgan fingerprint density at radius 2 is 1.49 bits per heavy atom. The lowest BCUT2D eigenvalue weighted by molar-refractivity contribution is -0.384. The fourth-order valence-corrected chi connectivity index (χ4v) is 3.49. The highest BCUT2D eigenvalue weighted by molar-refractivity contribution is 5.94. The van der Waals surface area contributed by atoms with E-state index in [1.54, 1.807) is 24.3 Å². The molecule has 0 saturated heterocycles. The normalized spacial score (nSPS) is 10.5. The third kappa shape index (κ3) is 8.51. The summed E-state index contributed by atoms with van der Waals surface area (Å²) in [5.74, 6) is -0.0642. The van der Waals surface area contributed by atoms with Crippen LogP contribution in [0.4, 0.5) is 5.69 Å². The first-order valence-electron chi connectivity index (χ1n) is 12.2. The highest BCUT2D eigenvalue weighted by atomic mass is 16.6. The van der Waals surface area contributed by atoms with Gasteiger partial charge < -0.3 is 24.3 Å². The van der Waals surface area contributed by atoms with Gasteiger partial charge in [-0.3, -0.25) is 19.7 Å².